The lowest BCUT2D eigenvalue weighted by molar-refractivity contribution is -0.313. The molecule has 34 heavy (non-hydrogen) atoms. The van der Waals surface area contributed by atoms with Gasteiger partial charge in [0.1, 0.15) is 11.7 Å². The second-order valence-corrected chi connectivity index (χ2v) is 11.8. The molecule has 2 heterocycles. The Morgan fingerprint density at radius 1 is 1.12 bits per heavy atom. The van der Waals surface area contributed by atoms with Crippen LogP contribution in [0.1, 0.15) is 49.3 Å². The summed E-state index contributed by atoms with van der Waals surface area (Å²) >= 11 is 0. The number of piperidine rings is 1. The van der Waals surface area contributed by atoms with Crippen LogP contribution in [0.25, 0.3) is 0 Å². The largest absolute Gasteiger partial charge is 0.504 e. The average molecular weight is 462 g/mol. The van der Waals surface area contributed by atoms with Gasteiger partial charge in [-0.3, -0.25) is 0 Å². The molecule has 1 N–H and O–H groups in total. The molecule has 2 aliphatic heterocycles. The number of phenols is 1. The monoisotopic (exact) mass is 461 g/mol. The molecule has 5 nitrogen and oxygen atoms in total. The molecule has 2 aromatic rings. The van der Waals surface area contributed by atoms with Gasteiger partial charge in [-0.2, -0.15) is 0 Å². The Morgan fingerprint density at radius 3 is 2.74 bits per heavy atom. The Hall–Kier alpha value is -2.08. The second kappa shape index (κ2) is 6.77. The van der Waals surface area contributed by atoms with Gasteiger partial charge in [-0.1, -0.05) is 43.3 Å². The lowest BCUT2D eigenvalue weighted by atomic mass is 9.32. The number of likely N-dealkylation sites (tertiary alicyclic amines) is 1. The second-order valence-electron chi connectivity index (χ2n) is 11.8. The molecule has 6 aliphatic rings. The van der Waals surface area contributed by atoms with Crippen molar-refractivity contribution in [2.45, 2.75) is 68.8 Å². The molecule has 5 heteroatoms. The van der Waals surface area contributed by atoms with Crippen molar-refractivity contribution in [2.75, 3.05) is 27.3 Å². The molecule has 0 radical (unpaired) electrons. The van der Waals surface area contributed by atoms with E-state index in [0.29, 0.717) is 19.3 Å². The highest BCUT2D eigenvalue weighted by Gasteiger charge is 2.82. The zero-order chi connectivity index (χ0) is 23.3. The van der Waals surface area contributed by atoms with Crippen LogP contribution in [-0.4, -0.2) is 55.1 Å². The van der Waals surface area contributed by atoms with Gasteiger partial charge in [-0.25, -0.2) is 0 Å². The molecule has 0 amide bonds. The molecule has 2 spiro atoms. The van der Waals surface area contributed by atoms with Gasteiger partial charge < -0.3 is 24.2 Å². The van der Waals surface area contributed by atoms with Gasteiger partial charge in [0.2, 0.25) is 0 Å². The van der Waals surface area contributed by atoms with Crippen LogP contribution in [0.3, 0.4) is 0 Å². The molecule has 8 rings (SSSR count). The summed E-state index contributed by atoms with van der Waals surface area (Å²) in [6.07, 6.45) is 5.15. The zero-order valence-electron chi connectivity index (χ0n) is 20.5. The third-order valence-electron chi connectivity index (χ3n) is 10.7. The predicted octanol–water partition coefficient (Wildman–Crippen LogP) is 4.44. The van der Waals surface area contributed by atoms with Gasteiger partial charge in [0.05, 0.1) is 13.2 Å². The summed E-state index contributed by atoms with van der Waals surface area (Å²) in [5, 5.41) is 10.9. The predicted molar refractivity (Wildman–Crippen MR) is 129 cm³/mol. The summed E-state index contributed by atoms with van der Waals surface area (Å²) in [5.74, 6) is 1.01. The van der Waals surface area contributed by atoms with E-state index in [-0.39, 0.29) is 28.1 Å². The first-order chi connectivity index (χ1) is 16.4. The van der Waals surface area contributed by atoms with Crippen LogP contribution in [0.5, 0.6) is 11.5 Å². The summed E-state index contributed by atoms with van der Waals surface area (Å²) in [4.78, 5) is 2.60. The van der Waals surface area contributed by atoms with E-state index in [4.69, 9.17) is 14.2 Å². The van der Waals surface area contributed by atoms with Crippen LogP contribution in [0.4, 0.5) is 0 Å². The molecule has 2 aromatic carbocycles. The minimum atomic E-state index is -0.452. The van der Waals surface area contributed by atoms with E-state index in [0.717, 1.165) is 44.4 Å². The molecule has 3 saturated carbocycles. The third kappa shape index (κ3) is 2.23. The van der Waals surface area contributed by atoms with Crippen molar-refractivity contribution in [3.63, 3.8) is 0 Å². The summed E-state index contributed by atoms with van der Waals surface area (Å²) in [7, 11) is 4.17. The lowest BCUT2D eigenvalue weighted by Gasteiger charge is -2.76. The standard InChI is InChI=1S/C29H35NO4/c1-26(18-33-16-19-7-5-4-6-8-19)17-27-11-12-29(26,32-3)25-28(27)13-14-30(2)22(27)15-20-9-10-21(31)24(34-25)23(20)28/h4-10,22,25,31H,11-18H2,1-3H3/t22-,25-,26-,27-,28+,29?/m1/s1. The van der Waals surface area contributed by atoms with Crippen LogP contribution < -0.4 is 4.74 Å². The Labute approximate surface area is 202 Å². The van der Waals surface area contributed by atoms with Crippen LogP contribution in [0, 0.1) is 10.8 Å². The van der Waals surface area contributed by atoms with Crippen molar-refractivity contribution in [1.82, 2.24) is 4.90 Å². The smallest absolute Gasteiger partial charge is 0.165 e. The number of aromatic hydroxyl groups is 1. The van der Waals surface area contributed by atoms with Crippen molar-refractivity contribution < 1.29 is 19.3 Å². The maximum Gasteiger partial charge on any atom is 0.165 e. The maximum atomic E-state index is 10.9. The van der Waals surface area contributed by atoms with Crippen molar-refractivity contribution >= 4 is 0 Å². The van der Waals surface area contributed by atoms with E-state index >= 15 is 0 Å². The zero-order valence-corrected chi connectivity index (χ0v) is 20.5. The van der Waals surface area contributed by atoms with Gasteiger partial charge in [-0.15, -0.1) is 0 Å². The summed E-state index contributed by atoms with van der Waals surface area (Å²) in [6.45, 7) is 4.67. The Bertz CT molecular complexity index is 1150. The molecule has 4 bridgehead atoms. The van der Waals surface area contributed by atoms with Gasteiger partial charge in [0.15, 0.2) is 11.5 Å². The number of fused-ring (bicyclic) bond motifs is 2. The van der Waals surface area contributed by atoms with E-state index in [1.807, 2.05) is 19.2 Å². The van der Waals surface area contributed by atoms with E-state index in [1.54, 1.807) is 0 Å². The fourth-order valence-corrected chi connectivity index (χ4v) is 9.39. The Kier molecular flexibility index (Phi) is 4.23. The molecule has 4 aliphatic carbocycles. The van der Waals surface area contributed by atoms with Gasteiger partial charge in [0.25, 0.3) is 0 Å². The van der Waals surface area contributed by atoms with Crippen molar-refractivity contribution in [3.05, 3.63) is 59.2 Å². The van der Waals surface area contributed by atoms with Gasteiger partial charge in [0, 0.05) is 35.0 Å². The SMILES string of the molecule is COC12CC[C@@]3(C[C@]1(C)COCc1ccccc1)[C@H]1Cc4ccc(O)c5c4[C@@]3(CCN1C)[C@H]2O5. The quantitative estimate of drug-likeness (QED) is 0.713. The van der Waals surface area contributed by atoms with E-state index in [1.165, 1.54) is 16.7 Å². The third-order valence-corrected chi connectivity index (χ3v) is 10.7. The molecule has 0 aromatic heterocycles. The Balaban J connectivity index is 1.36. The molecule has 4 fully saturated rings. The van der Waals surface area contributed by atoms with Crippen LogP contribution >= 0.6 is 0 Å². The number of methoxy groups -OCH3 is 1. The molecule has 1 unspecified atom stereocenters. The number of hydrogen-bond donors (Lipinski definition) is 1. The van der Waals surface area contributed by atoms with Crippen molar-refractivity contribution in [2.24, 2.45) is 10.8 Å². The fourth-order valence-electron chi connectivity index (χ4n) is 9.39. The first-order valence-electron chi connectivity index (χ1n) is 12.8. The van der Waals surface area contributed by atoms with Crippen LogP contribution in [-0.2, 0) is 27.9 Å². The van der Waals surface area contributed by atoms with Crippen LogP contribution in [0.15, 0.2) is 42.5 Å². The minimum Gasteiger partial charge on any atom is -0.504 e. The summed E-state index contributed by atoms with van der Waals surface area (Å²) in [6, 6.07) is 14.9. The first-order valence-corrected chi connectivity index (χ1v) is 12.8. The number of nitrogens with zero attached hydrogens (tertiary/aromatic N) is 1. The van der Waals surface area contributed by atoms with Crippen molar-refractivity contribution in [1.29, 1.82) is 0 Å². The van der Waals surface area contributed by atoms with Gasteiger partial charge in [-0.05, 0) is 62.9 Å². The van der Waals surface area contributed by atoms with E-state index in [9.17, 15) is 5.11 Å². The fraction of sp³-hybridized carbons (Fsp3) is 0.586. The number of hydrogen-bond acceptors (Lipinski definition) is 5. The number of likely N-dealkylation sites (N-methyl/N-ethyl adjacent to an activating group) is 1. The topological polar surface area (TPSA) is 51.2 Å². The lowest BCUT2D eigenvalue weighted by Crippen LogP contribution is -2.83. The number of ether oxygens (including phenoxy) is 3. The molecule has 1 saturated heterocycles. The molecule has 180 valence electrons. The number of rotatable bonds is 5. The molecule has 6 atom stereocenters. The minimum absolute atomic E-state index is 0.0982. The summed E-state index contributed by atoms with van der Waals surface area (Å²) in [5.41, 5.74) is 3.22. The highest BCUT2D eigenvalue weighted by Crippen LogP contribution is 2.78. The highest BCUT2D eigenvalue weighted by atomic mass is 16.6. The number of benzene rings is 2. The molecular formula is C29H35NO4. The highest BCUT2D eigenvalue weighted by molar-refractivity contribution is 5.63. The Morgan fingerprint density at radius 2 is 1.94 bits per heavy atom. The van der Waals surface area contributed by atoms with E-state index < -0.39 is 5.60 Å². The van der Waals surface area contributed by atoms with Crippen LogP contribution in [0.2, 0.25) is 0 Å². The average Bonchev–Trinajstić information content (AvgIpc) is 3.21. The normalized spacial score (nSPS) is 41.3. The first kappa shape index (κ1) is 21.2. The number of phenolic OH excluding ortho intramolecular Hbond substituents is 1. The van der Waals surface area contributed by atoms with Crippen molar-refractivity contribution in [3.8, 4) is 11.5 Å². The van der Waals surface area contributed by atoms with Gasteiger partial charge >= 0.3 is 0 Å². The van der Waals surface area contributed by atoms with E-state index in [2.05, 4.69) is 49.2 Å². The summed E-state index contributed by atoms with van der Waals surface area (Å²) < 4.78 is 19.9. The molecular weight excluding hydrogens is 426 g/mol. The maximum absolute atomic E-state index is 10.9.